The number of carbonyl (C=O) groups is 1. The summed E-state index contributed by atoms with van der Waals surface area (Å²) in [6.07, 6.45) is 13.0. The molecule has 0 bridgehead atoms. The van der Waals surface area contributed by atoms with Crippen LogP contribution < -0.4 is 5.32 Å². The Kier molecular flexibility index (Phi) is 6.96. The van der Waals surface area contributed by atoms with Gasteiger partial charge in [0.15, 0.2) is 0 Å². The number of nitrogens with zero attached hydrogens (tertiary/aromatic N) is 2. The van der Waals surface area contributed by atoms with Gasteiger partial charge in [0.05, 0.1) is 12.0 Å². The van der Waals surface area contributed by atoms with Crippen molar-refractivity contribution in [3.63, 3.8) is 0 Å². The van der Waals surface area contributed by atoms with Crippen molar-refractivity contribution in [3.05, 3.63) is 52.5 Å². The molecule has 36 heavy (non-hydrogen) atoms. The van der Waals surface area contributed by atoms with Crippen molar-refractivity contribution in [2.45, 2.75) is 101 Å². The van der Waals surface area contributed by atoms with Crippen molar-refractivity contribution >= 4 is 11.8 Å². The number of nitrogens with one attached hydrogen (secondary N) is 1. The number of carboxylic acids is 1. The minimum Gasteiger partial charge on any atom is -0.481 e. The maximum atomic E-state index is 12.5. The predicted molar refractivity (Wildman–Crippen MR) is 140 cm³/mol. The number of ether oxygens (including phenoxy) is 1. The molecule has 3 aliphatic carbocycles. The lowest BCUT2D eigenvalue weighted by atomic mass is 9.83. The highest BCUT2D eigenvalue weighted by Crippen LogP contribution is 2.48. The Bertz CT molecular complexity index is 1090. The van der Waals surface area contributed by atoms with Crippen molar-refractivity contribution in [1.82, 2.24) is 9.97 Å². The van der Waals surface area contributed by atoms with Crippen molar-refractivity contribution < 1.29 is 14.6 Å². The predicted octanol–water partition coefficient (Wildman–Crippen LogP) is 5.97. The Morgan fingerprint density at radius 3 is 2.69 bits per heavy atom. The maximum absolute atomic E-state index is 12.5. The van der Waals surface area contributed by atoms with Gasteiger partial charge in [0.1, 0.15) is 5.82 Å². The first-order valence-electron chi connectivity index (χ1n) is 14.2. The van der Waals surface area contributed by atoms with Crippen molar-refractivity contribution in [2.75, 3.05) is 18.5 Å². The van der Waals surface area contributed by atoms with E-state index >= 15 is 0 Å². The largest absolute Gasteiger partial charge is 0.481 e. The molecule has 3 fully saturated rings. The summed E-state index contributed by atoms with van der Waals surface area (Å²) < 4.78 is 6.24. The third kappa shape index (κ3) is 5.44. The summed E-state index contributed by atoms with van der Waals surface area (Å²) in [6.45, 7) is 1.76. The first kappa shape index (κ1) is 23.9. The summed E-state index contributed by atoms with van der Waals surface area (Å²) in [4.78, 5) is 22.3. The van der Waals surface area contributed by atoms with E-state index in [9.17, 15) is 9.90 Å². The summed E-state index contributed by atoms with van der Waals surface area (Å²) in [5, 5.41) is 13.7. The van der Waals surface area contributed by atoms with Crippen LogP contribution in [0.15, 0.2) is 24.3 Å². The van der Waals surface area contributed by atoms with Crippen LogP contribution in [0.4, 0.5) is 5.82 Å². The Balaban J connectivity index is 1.00. The molecule has 0 radical (unpaired) electrons. The zero-order chi connectivity index (χ0) is 24.5. The molecule has 2 aromatic rings. The fraction of sp³-hybridized carbons (Fsp3) is 0.633. The number of carboxylic acid groups (broad SMARTS) is 1. The molecule has 0 amide bonds. The van der Waals surface area contributed by atoms with Gasteiger partial charge in [-0.1, -0.05) is 12.1 Å². The van der Waals surface area contributed by atoms with E-state index in [1.165, 1.54) is 30.5 Å². The number of hydrogen-bond donors (Lipinski definition) is 2. The number of rotatable bonds is 11. The maximum Gasteiger partial charge on any atom is 0.311 e. The fourth-order valence-corrected chi connectivity index (χ4v) is 6.24. The van der Waals surface area contributed by atoms with Crippen LogP contribution >= 0.6 is 0 Å². The molecule has 3 atom stereocenters. The Morgan fingerprint density at radius 2 is 1.89 bits per heavy atom. The number of aromatic nitrogens is 2. The summed E-state index contributed by atoms with van der Waals surface area (Å²) >= 11 is 0. The van der Waals surface area contributed by atoms with E-state index in [1.807, 2.05) is 0 Å². The first-order valence-corrected chi connectivity index (χ1v) is 14.2. The van der Waals surface area contributed by atoms with Gasteiger partial charge in [-0.2, -0.15) is 0 Å². The second-order valence-electron chi connectivity index (χ2n) is 11.4. The summed E-state index contributed by atoms with van der Waals surface area (Å²) in [7, 11) is 0. The summed E-state index contributed by atoms with van der Waals surface area (Å²) in [5.74, 6) is 1.11. The fourth-order valence-electron chi connectivity index (χ4n) is 6.24. The lowest BCUT2D eigenvalue weighted by Gasteiger charge is -2.23. The third-order valence-corrected chi connectivity index (χ3v) is 8.57. The molecule has 0 aromatic carbocycles. The van der Waals surface area contributed by atoms with Crippen LogP contribution in [0.5, 0.6) is 0 Å². The van der Waals surface area contributed by atoms with Crippen molar-refractivity contribution in [2.24, 2.45) is 5.92 Å². The molecule has 2 N–H and O–H groups in total. The molecular formula is C30H39N3O3. The van der Waals surface area contributed by atoms with Crippen LogP contribution in [0.3, 0.4) is 0 Å². The molecule has 192 valence electrons. The zero-order valence-electron chi connectivity index (χ0n) is 21.3. The standard InChI is InChI=1S/C30H39N3O3/c34-30(35)27(25-14-15-26(19-6-7-19)33-28(25)20-8-9-20)22-11-13-24(18-22)36-17-2-1-5-23-12-10-21-4-3-16-31-29(21)32-23/h10,12,14-15,19-20,22,24,27H,1-9,11,13,16-18H2,(H,31,32)(H,34,35)/t22?,24-,27+/m1/s1. The second-order valence-corrected chi connectivity index (χ2v) is 11.4. The van der Waals surface area contributed by atoms with E-state index < -0.39 is 11.9 Å². The van der Waals surface area contributed by atoms with Crippen LogP contribution in [-0.2, 0) is 22.4 Å². The molecule has 3 saturated carbocycles. The lowest BCUT2D eigenvalue weighted by Crippen LogP contribution is -2.23. The van der Waals surface area contributed by atoms with E-state index in [0.717, 1.165) is 93.7 Å². The molecule has 1 unspecified atom stereocenters. The number of aryl methyl sites for hydroxylation is 2. The number of pyridine rings is 2. The Morgan fingerprint density at radius 1 is 1.03 bits per heavy atom. The minimum absolute atomic E-state index is 0.130. The molecule has 3 heterocycles. The van der Waals surface area contributed by atoms with E-state index in [1.54, 1.807) is 0 Å². The van der Waals surface area contributed by atoms with Crippen LogP contribution in [0.2, 0.25) is 0 Å². The molecule has 0 spiro atoms. The normalized spacial score (nSPS) is 24.2. The number of aliphatic carboxylic acids is 1. The number of unbranched alkanes of at least 4 members (excludes halogenated alkanes) is 1. The number of anilines is 1. The monoisotopic (exact) mass is 489 g/mol. The van der Waals surface area contributed by atoms with Crippen LogP contribution in [-0.4, -0.2) is 40.3 Å². The molecule has 6 rings (SSSR count). The van der Waals surface area contributed by atoms with Gasteiger partial charge in [0, 0.05) is 42.1 Å². The second kappa shape index (κ2) is 10.5. The van der Waals surface area contributed by atoms with E-state index in [4.69, 9.17) is 14.7 Å². The summed E-state index contributed by atoms with van der Waals surface area (Å²) in [5.41, 5.74) is 5.73. The summed E-state index contributed by atoms with van der Waals surface area (Å²) in [6, 6.07) is 8.60. The molecule has 1 aliphatic heterocycles. The molecule has 4 aliphatic rings. The zero-order valence-corrected chi connectivity index (χ0v) is 21.3. The third-order valence-electron chi connectivity index (χ3n) is 8.57. The quantitative estimate of drug-likeness (QED) is 0.379. The highest BCUT2D eigenvalue weighted by Gasteiger charge is 2.40. The van der Waals surface area contributed by atoms with Crippen LogP contribution in [0.25, 0.3) is 0 Å². The van der Waals surface area contributed by atoms with Gasteiger partial charge >= 0.3 is 5.97 Å². The highest BCUT2D eigenvalue weighted by atomic mass is 16.5. The SMILES string of the molecule is O=C(O)[C@H](c1ccc(C2CC2)nc1C1CC1)C1CC[C@@H](OCCCCc2ccc3c(n2)NCCC3)C1. The number of fused-ring (bicyclic) bond motifs is 1. The van der Waals surface area contributed by atoms with E-state index in [2.05, 4.69) is 29.6 Å². The molecule has 6 heteroatoms. The van der Waals surface area contributed by atoms with Gasteiger partial charge < -0.3 is 15.2 Å². The van der Waals surface area contributed by atoms with Crippen molar-refractivity contribution in [3.8, 4) is 0 Å². The molecular weight excluding hydrogens is 450 g/mol. The average molecular weight is 490 g/mol. The first-order chi connectivity index (χ1) is 17.7. The Hall–Kier alpha value is -2.47. The topological polar surface area (TPSA) is 84.3 Å². The average Bonchev–Trinajstić information content (AvgIpc) is 3.82. The van der Waals surface area contributed by atoms with Gasteiger partial charge in [-0.15, -0.1) is 0 Å². The van der Waals surface area contributed by atoms with E-state index in [-0.39, 0.29) is 12.0 Å². The molecule has 6 nitrogen and oxygen atoms in total. The van der Waals surface area contributed by atoms with Gasteiger partial charge in [0.25, 0.3) is 0 Å². The lowest BCUT2D eigenvalue weighted by molar-refractivity contribution is -0.140. The van der Waals surface area contributed by atoms with Gasteiger partial charge in [-0.05, 0) is 106 Å². The number of hydrogen-bond acceptors (Lipinski definition) is 5. The van der Waals surface area contributed by atoms with Crippen LogP contribution in [0, 0.1) is 5.92 Å². The van der Waals surface area contributed by atoms with Gasteiger partial charge in [-0.25, -0.2) is 4.98 Å². The minimum atomic E-state index is -0.699. The van der Waals surface area contributed by atoms with Gasteiger partial charge in [0.2, 0.25) is 0 Å². The van der Waals surface area contributed by atoms with Crippen LogP contribution in [0.1, 0.15) is 110 Å². The highest BCUT2D eigenvalue weighted by molar-refractivity contribution is 5.77. The molecule has 0 saturated heterocycles. The van der Waals surface area contributed by atoms with E-state index in [0.29, 0.717) is 11.8 Å². The van der Waals surface area contributed by atoms with Crippen molar-refractivity contribution in [1.29, 1.82) is 0 Å². The Labute approximate surface area is 214 Å². The smallest absolute Gasteiger partial charge is 0.311 e. The van der Waals surface area contributed by atoms with Gasteiger partial charge in [-0.3, -0.25) is 9.78 Å². The molecule has 2 aromatic heterocycles.